The molecule has 142 valence electrons. The van der Waals surface area contributed by atoms with Gasteiger partial charge in [-0.25, -0.2) is 9.97 Å². The first-order valence-electron chi connectivity index (χ1n) is 8.30. The first-order chi connectivity index (χ1) is 13.7. The van der Waals surface area contributed by atoms with Crippen molar-refractivity contribution < 1.29 is 0 Å². The number of aromatic nitrogens is 6. The molecule has 0 unspecified atom stereocenters. The SMILES string of the molecule is Clc1ccc(-c2nc(SCCSc3n[nH]c(-c4ccc(Cl)cc4)n3)n[nH]2)cc1. The molecule has 0 aliphatic rings. The molecule has 2 aromatic heterocycles. The third-order valence-corrected chi connectivity index (χ3v) is 6.17. The largest absolute Gasteiger partial charge is 0.258 e. The predicted molar refractivity (Wildman–Crippen MR) is 115 cm³/mol. The van der Waals surface area contributed by atoms with E-state index >= 15 is 0 Å². The Labute approximate surface area is 179 Å². The van der Waals surface area contributed by atoms with Crippen LogP contribution in [0, 0.1) is 0 Å². The minimum atomic E-state index is 0.695. The number of hydrogen-bond acceptors (Lipinski definition) is 6. The summed E-state index contributed by atoms with van der Waals surface area (Å²) in [6.07, 6.45) is 0. The van der Waals surface area contributed by atoms with Crippen LogP contribution in [0.3, 0.4) is 0 Å². The summed E-state index contributed by atoms with van der Waals surface area (Å²) in [5.74, 6) is 3.14. The van der Waals surface area contributed by atoms with Crippen molar-refractivity contribution in [1.82, 2.24) is 30.4 Å². The molecule has 0 fully saturated rings. The Balaban J connectivity index is 1.27. The van der Waals surface area contributed by atoms with Crippen molar-refractivity contribution in [3.05, 3.63) is 58.6 Å². The molecule has 0 bridgehead atoms. The number of benzene rings is 2. The number of H-pyrrole nitrogens is 2. The maximum atomic E-state index is 5.91. The monoisotopic (exact) mass is 448 g/mol. The van der Waals surface area contributed by atoms with E-state index in [4.69, 9.17) is 23.2 Å². The van der Waals surface area contributed by atoms with Crippen LogP contribution < -0.4 is 0 Å². The molecular formula is C18H14Cl2N6S2. The molecule has 6 nitrogen and oxygen atoms in total. The third-order valence-electron chi connectivity index (χ3n) is 3.71. The van der Waals surface area contributed by atoms with Crippen LogP contribution in [0.15, 0.2) is 58.8 Å². The predicted octanol–water partition coefficient (Wildman–Crippen LogP) is 5.45. The fraction of sp³-hybridized carbons (Fsp3) is 0.111. The van der Waals surface area contributed by atoms with Gasteiger partial charge in [-0.15, -0.1) is 10.2 Å². The Morgan fingerprint density at radius 1 is 0.643 bits per heavy atom. The lowest BCUT2D eigenvalue weighted by atomic mass is 10.2. The summed E-state index contributed by atoms with van der Waals surface area (Å²) < 4.78 is 0. The maximum absolute atomic E-state index is 5.91. The van der Waals surface area contributed by atoms with Crippen LogP contribution in [0.2, 0.25) is 10.0 Å². The van der Waals surface area contributed by atoms with E-state index in [1.807, 2.05) is 48.5 Å². The Kier molecular flexibility index (Phi) is 6.21. The van der Waals surface area contributed by atoms with E-state index in [-0.39, 0.29) is 0 Å². The van der Waals surface area contributed by atoms with Gasteiger partial charge in [-0.2, -0.15) is 0 Å². The lowest BCUT2D eigenvalue weighted by molar-refractivity contribution is 0.971. The summed E-state index contributed by atoms with van der Waals surface area (Å²) in [4.78, 5) is 9.00. The molecule has 0 saturated heterocycles. The number of nitrogens with one attached hydrogen (secondary N) is 2. The Morgan fingerprint density at radius 2 is 1.04 bits per heavy atom. The smallest absolute Gasteiger partial charge is 0.208 e. The highest BCUT2D eigenvalue weighted by Gasteiger charge is 2.08. The standard InChI is InChI=1S/C18H14Cl2N6S2/c19-13-5-1-11(2-6-13)15-21-17(25-23-15)27-9-10-28-18-22-16(24-26-18)12-3-7-14(20)8-4-12/h1-8H,9-10H2,(H,21,23,25)(H,22,24,26). The molecule has 0 atom stereocenters. The Bertz CT molecular complexity index is 961. The van der Waals surface area contributed by atoms with Gasteiger partial charge >= 0.3 is 0 Å². The van der Waals surface area contributed by atoms with Gasteiger partial charge in [-0.05, 0) is 48.5 Å². The van der Waals surface area contributed by atoms with Crippen molar-refractivity contribution in [2.24, 2.45) is 0 Å². The summed E-state index contributed by atoms with van der Waals surface area (Å²) >= 11 is 15.0. The summed E-state index contributed by atoms with van der Waals surface area (Å²) in [7, 11) is 0. The number of halogens is 2. The molecular weight excluding hydrogens is 435 g/mol. The topological polar surface area (TPSA) is 83.1 Å². The fourth-order valence-electron chi connectivity index (χ4n) is 2.36. The van der Waals surface area contributed by atoms with E-state index in [0.717, 1.165) is 34.3 Å². The first kappa shape index (κ1) is 19.3. The van der Waals surface area contributed by atoms with Crippen molar-refractivity contribution in [2.75, 3.05) is 11.5 Å². The fourth-order valence-corrected chi connectivity index (χ4v) is 4.18. The van der Waals surface area contributed by atoms with E-state index in [1.54, 1.807) is 23.5 Å². The molecule has 10 heteroatoms. The van der Waals surface area contributed by atoms with Crippen LogP contribution in [-0.2, 0) is 0 Å². The third kappa shape index (κ3) is 4.88. The molecule has 0 aliphatic carbocycles. The van der Waals surface area contributed by atoms with E-state index in [0.29, 0.717) is 20.4 Å². The highest BCUT2D eigenvalue weighted by molar-refractivity contribution is 8.02. The summed E-state index contributed by atoms with van der Waals surface area (Å²) in [6, 6.07) is 15.0. The van der Waals surface area contributed by atoms with Gasteiger partial charge in [0.05, 0.1) is 0 Å². The molecule has 2 aromatic carbocycles. The highest BCUT2D eigenvalue weighted by atomic mass is 35.5. The molecule has 2 N–H and O–H groups in total. The number of rotatable bonds is 7. The zero-order valence-corrected chi connectivity index (χ0v) is 17.5. The maximum Gasteiger partial charge on any atom is 0.208 e. The van der Waals surface area contributed by atoms with E-state index < -0.39 is 0 Å². The van der Waals surface area contributed by atoms with Gasteiger partial charge in [0.15, 0.2) is 11.6 Å². The molecule has 4 aromatic rings. The average Bonchev–Trinajstić information content (AvgIpc) is 3.36. The minimum absolute atomic E-state index is 0.695. The molecule has 4 rings (SSSR count). The van der Waals surface area contributed by atoms with Gasteiger partial charge in [0.1, 0.15) is 0 Å². The van der Waals surface area contributed by atoms with Crippen LogP contribution in [0.4, 0.5) is 0 Å². The molecule has 0 amide bonds. The van der Waals surface area contributed by atoms with Gasteiger partial charge in [-0.3, -0.25) is 10.2 Å². The Morgan fingerprint density at radius 3 is 1.43 bits per heavy atom. The van der Waals surface area contributed by atoms with E-state index in [9.17, 15) is 0 Å². The molecule has 0 radical (unpaired) electrons. The molecule has 0 saturated carbocycles. The normalized spacial score (nSPS) is 11.1. The number of thioether (sulfide) groups is 2. The van der Waals surface area contributed by atoms with E-state index in [2.05, 4.69) is 30.4 Å². The van der Waals surface area contributed by atoms with Crippen LogP contribution >= 0.6 is 46.7 Å². The Hall–Kier alpha value is -2.00. The van der Waals surface area contributed by atoms with Crippen LogP contribution in [0.1, 0.15) is 0 Å². The molecule has 28 heavy (non-hydrogen) atoms. The minimum Gasteiger partial charge on any atom is -0.258 e. The summed E-state index contributed by atoms with van der Waals surface area (Å²) in [6.45, 7) is 0. The zero-order valence-electron chi connectivity index (χ0n) is 14.4. The van der Waals surface area contributed by atoms with Crippen LogP contribution in [-0.4, -0.2) is 41.9 Å². The van der Waals surface area contributed by atoms with Gasteiger partial charge < -0.3 is 0 Å². The average molecular weight is 449 g/mol. The number of aromatic amines is 2. The van der Waals surface area contributed by atoms with Crippen LogP contribution in [0.5, 0.6) is 0 Å². The van der Waals surface area contributed by atoms with Crippen LogP contribution in [0.25, 0.3) is 22.8 Å². The summed E-state index contributed by atoms with van der Waals surface area (Å²) in [5, 5.41) is 17.2. The molecule has 2 heterocycles. The summed E-state index contributed by atoms with van der Waals surface area (Å²) in [5.41, 5.74) is 1.90. The molecule has 0 spiro atoms. The van der Waals surface area contributed by atoms with Gasteiger partial charge in [0.25, 0.3) is 0 Å². The quantitative estimate of drug-likeness (QED) is 0.289. The second-order valence-corrected chi connectivity index (χ2v) is 8.64. The van der Waals surface area contributed by atoms with Crippen molar-refractivity contribution >= 4 is 46.7 Å². The number of hydrogen-bond donors (Lipinski definition) is 2. The second kappa shape index (κ2) is 9.00. The van der Waals surface area contributed by atoms with Crippen molar-refractivity contribution in [1.29, 1.82) is 0 Å². The first-order valence-corrected chi connectivity index (χ1v) is 11.0. The lowest BCUT2D eigenvalue weighted by Gasteiger charge is -1.96. The lowest BCUT2D eigenvalue weighted by Crippen LogP contribution is -1.87. The highest BCUT2D eigenvalue weighted by Crippen LogP contribution is 2.24. The number of nitrogens with zero attached hydrogens (tertiary/aromatic N) is 4. The zero-order chi connectivity index (χ0) is 19.3. The van der Waals surface area contributed by atoms with Gasteiger partial charge in [0, 0.05) is 32.7 Å². The van der Waals surface area contributed by atoms with Gasteiger partial charge in [0.2, 0.25) is 10.3 Å². The van der Waals surface area contributed by atoms with Gasteiger partial charge in [-0.1, -0.05) is 46.7 Å². The van der Waals surface area contributed by atoms with E-state index in [1.165, 1.54) is 0 Å². The van der Waals surface area contributed by atoms with Crippen molar-refractivity contribution in [3.8, 4) is 22.8 Å². The van der Waals surface area contributed by atoms with Crippen molar-refractivity contribution in [3.63, 3.8) is 0 Å². The molecule has 0 aliphatic heterocycles. The van der Waals surface area contributed by atoms with Crippen molar-refractivity contribution in [2.45, 2.75) is 10.3 Å². The second-order valence-electron chi connectivity index (χ2n) is 5.64.